The van der Waals surface area contributed by atoms with Gasteiger partial charge in [0.25, 0.3) is 0 Å². The lowest BCUT2D eigenvalue weighted by Gasteiger charge is -2.16. The smallest absolute Gasteiger partial charge is 0.136 e. The maximum absolute atomic E-state index is 6.28. The second-order valence-electron chi connectivity index (χ2n) is 12.4. The van der Waals surface area contributed by atoms with Crippen LogP contribution in [0.4, 0.5) is 0 Å². The number of rotatable bonds is 2. The second kappa shape index (κ2) is 8.74. The molecule has 10 aromatic rings. The highest BCUT2D eigenvalue weighted by Gasteiger charge is 2.26. The topological polar surface area (TPSA) is 18.1 Å². The fourth-order valence-corrected chi connectivity index (χ4v) is 8.31. The Bertz CT molecular complexity index is 2920. The number of furan rings is 1. The monoisotopic (exact) mass is 583 g/mol. The molecule has 0 unspecified atom stereocenters. The Morgan fingerprint density at radius 3 is 1.85 bits per heavy atom. The molecule has 0 saturated heterocycles. The fourth-order valence-electron chi connectivity index (χ4n) is 8.31. The van der Waals surface area contributed by atoms with E-state index in [0.717, 1.165) is 27.6 Å². The molecule has 0 spiro atoms. The molecule has 0 radical (unpaired) electrons. The zero-order chi connectivity index (χ0) is 29.9. The Morgan fingerprint density at radius 2 is 0.978 bits per heavy atom. The zero-order valence-electron chi connectivity index (χ0n) is 24.8. The van der Waals surface area contributed by atoms with Crippen LogP contribution < -0.4 is 0 Å². The third-order valence-electron chi connectivity index (χ3n) is 10.1. The molecule has 0 aliphatic heterocycles. The normalized spacial score (nSPS) is 12.3. The summed E-state index contributed by atoms with van der Waals surface area (Å²) in [5.74, 6) is 0. The summed E-state index contributed by atoms with van der Waals surface area (Å²) >= 11 is 0. The van der Waals surface area contributed by atoms with Crippen molar-refractivity contribution in [3.63, 3.8) is 0 Å². The molecule has 0 N–H and O–H groups in total. The van der Waals surface area contributed by atoms with Crippen molar-refractivity contribution in [2.75, 3.05) is 0 Å². The van der Waals surface area contributed by atoms with Crippen LogP contribution >= 0.6 is 0 Å². The number of fused-ring (bicyclic) bond motifs is 9. The van der Waals surface area contributed by atoms with Crippen LogP contribution in [0, 0.1) is 0 Å². The van der Waals surface area contributed by atoms with Gasteiger partial charge in [0.15, 0.2) is 0 Å². The summed E-state index contributed by atoms with van der Waals surface area (Å²) in [6.45, 7) is 0. The van der Waals surface area contributed by atoms with E-state index >= 15 is 0 Å². The van der Waals surface area contributed by atoms with E-state index in [1.54, 1.807) is 0 Å². The van der Waals surface area contributed by atoms with E-state index in [-0.39, 0.29) is 0 Å². The van der Waals surface area contributed by atoms with E-state index in [0.29, 0.717) is 0 Å². The van der Waals surface area contributed by atoms with Crippen LogP contribution in [0.3, 0.4) is 0 Å². The lowest BCUT2D eigenvalue weighted by molar-refractivity contribution is 0.669. The Labute approximate surface area is 264 Å². The average Bonchev–Trinajstić information content (AvgIpc) is 3.64. The first-order chi connectivity index (χ1) is 22.8. The van der Waals surface area contributed by atoms with Crippen molar-refractivity contribution in [1.82, 2.24) is 4.57 Å². The Balaban J connectivity index is 1.32. The van der Waals surface area contributed by atoms with Gasteiger partial charge in [0.1, 0.15) is 11.2 Å². The van der Waals surface area contributed by atoms with Crippen LogP contribution in [0.5, 0.6) is 0 Å². The third kappa shape index (κ3) is 3.01. The number of aromatic nitrogens is 1. The molecule has 212 valence electrons. The summed E-state index contributed by atoms with van der Waals surface area (Å²) in [6, 6.07) is 55.3. The Hall–Kier alpha value is -6.12. The summed E-state index contributed by atoms with van der Waals surface area (Å²) in [5, 5.41) is 10.1. The fraction of sp³-hybridized carbons (Fsp3) is 0. The summed E-state index contributed by atoms with van der Waals surface area (Å²) in [6.07, 6.45) is 0. The molecule has 11 rings (SSSR count). The lowest BCUT2D eigenvalue weighted by Crippen LogP contribution is -1.96. The maximum Gasteiger partial charge on any atom is 0.136 e. The molecule has 2 heterocycles. The first kappa shape index (κ1) is 24.2. The van der Waals surface area contributed by atoms with Crippen molar-refractivity contribution in [2.24, 2.45) is 0 Å². The molecule has 1 aliphatic rings. The van der Waals surface area contributed by atoms with E-state index in [1.807, 2.05) is 6.07 Å². The Kier molecular flexibility index (Phi) is 4.61. The summed E-state index contributed by atoms with van der Waals surface area (Å²) in [7, 11) is 0. The molecule has 1 aliphatic carbocycles. The van der Waals surface area contributed by atoms with Gasteiger partial charge in [-0.1, -0.05) is 121 Å². The van der Waals surface area contributed by atoms with E-state index in [4.69, 9.17) is 4.42 Å². The first-order valence-electron chi connectivity index (χ1n) is 15.9. The van der Waals surface area contributed by atoms with Crippen LogP contribution in [-0.2, 0) is 0 Å². The van der Waals surface area contributed by atoms with E-state index in [1.165, 1.54) is 76.7 Å². The van der Waals surface area contributed by atoms with Crippen molar-refractivity contribution in [3.05, 3.63) is 152 Å². The number of nitrogens with zero attached hydrogens (tertiary/aromatic N) is 1. The van der Waals surface area contributed by atoms with E-state index in [2.05, 4.69) is 150 Å². The van der Waals surface area contributed by atoms with Gasteiger partial charge in [-0.25, -0.2) is 0 Å². The van der Waals surface area contributed by atoms with Gasteiger partial charge in [-0.3, -0.25) is 0 Å². The second-order valence-corrected chi connectivity index (χ2v) is 12.4. The van der Waals surface area contributed by atoms with Gasteiger partial charge in [-0.15, -0.1) is 0 Å². The minimum atomic E-state index is 0.913. The minimum Gasteiger partial charge on any atom is -0.456 e. The largest absolute Gasteiger partial charge is 0.456 e. The molecular formula is C44H25NO. The number of hydrogen-bond acceptors (Lipinski definition) is 1. The SMILES string of the molecule is c1cc(-c2cccc3oc4ccccc4c23)cc(-n2c3cccc4c3c3c5c(cccc5c5ccccc5c32)-c2ccccc2-4)c1. The van der Waals surface area contributed by atoms with Crippen LogP contribution in [-0.4, -0.2) is 4.57 Å². The molecule has 8 aromatic carbocycles. The number of benzene rings is 8. The van der Waals surface area contributed by atoms with E-state index in [9.17, 15) is 0 Å². The van der Waals surface area contributed by atoms with Gasteiger partial charge in [0.2, 0.25) is 0 Å². The molecule has 0 fully saturated rings. The van der Waals surface area contributed by atoms with Gasteiger partial charge in [0, 0.05) is 38.0 Å². The van der Waals surface area contributed by atoms with Gasteiger partial charge >= 0.3 is 0 Å². The Morgan fingerprint density at radius 1 is 0.370 bits per heavy atom. The predicted molar refractivity (Wildman–Crippen MR) is 193 cm³/mol. The van der Waals surface area contributed by atoms with Crippen LogP contribution in [0.25, 0.3) is 104 Å². The summed E-state index contributed by atoms with van der Waals surface area (Å²) in [4.78, 5) is 0. The standard InChI is InChI=1S/C44H25NO/c1-2-14-30-29(13-1)32-19-8-20-33-31-15-3-4-16-35(31)44-43(41(32)33)42-34(30)21-9-22-37(42)45(44)27-12-7-11-26(25-27)28-18-10-24-39-40(28)36-17-5-6-23-38(36)46-39/h1-25H. The third-order valence-corrected chi connectivity index (χ3v) is 10.1. The van der Waals surface area contributed by atoms with Crippen molar-refractivity contribution in [2.45, 2.75) is 0 Å². The molecule has 0 saturated carbocycles. The molecule has 46 heavy (non-hydrogen) atoms. The summed E-state index contributed by atoms with van der Waals surface area (Å²) in [5.41, 5.74) is 13.0. The molecule has 0 atom stereocenters. The zero-order valence-corrected chi connectivity index (χ0v) is 24.8. The van der Waals surface area contributed by atoms with Gasteiger partial charge in [-0.2, -0.15) is 0 Å². The van der Waals surface area contributed by atoms with Crippen LogP contribution in [0.15, 0.2) is 156 Å². The predicted octanol–water partition coefficient (Wildman–Crippen LogP) is 12.3. The quantitative estimate of drug-likeness (QED) is 0.185. The number of para-hydroxylation sites is 1. The van der Waals surface area contributed by atoms with Crippen molar-refractivity contribution >= 4 is 65.3 Å². The molecule has 2 aromatic heterocycles. The highest BCUT2D eigenvalue weighted by molar-refractivity contribution is 6.37. The van der Waals surface area contributed by atoms with Crippen LogP contribution in [0.1, 0.15) is 0 Å². The van der Waals surface area contributed by atoms with Crippen LogP contribution in [0.2, 0.25) is 0 Å². The average molecular weight is 584 g/mol. The van der Waals surface area contributed by atoms with Crippen molar-refractivity contribution in [1.29, 1.82) is 0 Å². The first-order valence-corrected chi connectivity index (χ1v) is 15.9. The molecule has 2 heteroatoms. The van der Waals surface area contributed by atoms with Crippen molar-refractivity contribution in [3.8, 4) is 39.1 Å². The van der Waals surface area contributed by atoms with Gasteiger partial charge < -0.3 is 8.98 Å². The van der Waals surface area contributed by atoms with Crippen molar-refractivity contribution < 1.29 is 4.42 Å². The van der Waals surface area contributed by atoms with Gasteiger partial charge in [-0.05, 0) is 74.5 Å². The lowest BCUT2D eigenvalue weighted by atomic mass is 9.91. The highest BCUT2D eigenvalue weighted by Crippen LogP contribution is 2.52. The maximum atomic E-state index is 6.28. The minimum absolute atomic E-state index is 0.913. The summed E-state index contributed by atoms with van der Waals surface area (Å²) < 4.78 is 8.79. The highest BCUT2D eigenvalue weighted by atomic mass is 16.3. The molecule has 2 nitrogen and oxygen atoms in total. The van der Waals surface area contributed by atoms with E-state index < -0.39 is 0 Å². The van der Waals surface area contributed by atoms with Gasteiger partial charge in [0.05, 0.1) is 11.0 Å². The number of hydrogen-bond donors (Lipinski definition) is 0. The molecule has 0 bridgehead atoms. The molecular weight excluding hydrogens is 558 g/mol. The molecule has 0 amide bonds.